The van der Waals surface area contributed by atoms with Crippen molar-refractivity contribution < 1.29 is 0 Å². The fourth-order valence-corrected chi connectivity index (χ4v) is 1.71. The predicted molar refractivity (Wildman–Crippen MR) is 64.8 cm³/mol. The summed E-state index contributed by atoms with van der Waals surface area (Å²) in [5, 5.41) is 0. The van der Waals surface area contributed by atoms with E-state index in [1.807, 2.05) is 12.3 Å². The molecule has 15 heavy (non-hydrogen) atoms. The van der Waals surface area contributed by atoms with Crippen LogP contribution in [-0.2, 0) is 6.42 Å². The molecule has 0 fully saturated rings. The molecule has 86 valence electrons. The van der Waals surface area contributed by atoms with Crippen molar-refractivity contribution in [2.24, 2.45) is 11.1 Å². The lowest BCUT2D eigenvalue weighted by Gasteiger charge is -2.28. The van der Waals surface area contributed by atoms with E-state index in [2.05, 4.69) is 36.8 Å². The minimum Gasteiger partial charge on any atom is -0.365 e. The first-order valence-electron chi connectivity index (χ1n) is 5.54. The highest BCUT2D eigenvalue weighted by Crippen LogP contribution is 2.13. The molecule has 0 unspecified atom stereocenters. The number of nitrogens with two attached hydrogens (primary N) is 1. The third-order valence-electron chi connectivity index (χ3n) is 2.68. The van der Waals surface area contributed by atoms with Crippen molar-refractivity contribution in [3.63, 3.8) is 0 Å². The molecule has 0 spiro atoms. The maximum atomic E-state index is 5.71. The van der Waals surface area contributed by atoms with E-state index in [0.29, 0.717) is 0 Å². The first kappa shape index (κ1) is 12.3. The number of likely N-dealkylation sites (N-methyl/N-ethyl adjacent to an activating group) is 1. The Hall–Kier alpha value is -0.800. The summed E-state index contributed by atoms with van der Waals surface area (Å²) in [5.41, 5.74) is 7.22. The number of nitrogens with zero attached hydrogens (tertiary/aromatic N) is 1. The van der Waals surface area contributed by atoms with Gasteiger partial charge in [-0.3, -0.25) is 0 Å². The summed E-state index contributed by atoms with van der Waals surface area (Å²) < 4.78 is 0. The number of aromatic amines is 1. The number of aromatic nitrogens is 1. The van der Waals surface area contributed by atoms with Crippen molar-refractivity contribution >= 4 is 0 Å². The molecule has 0 saturated heterocycles. The van der Waals surface area contributed by atoms with Crippen LogP contribution in [0.4, 0.5) is 0 Å². The molecule has 0 saturated carbocycles. The molecule has 1 heterocycles. The summed E-state index contributed by atoms with van der Waals surface area (Å²) in [7, 11) is 2.15. The fourth-order valence-electron chi connectivity index (χ4n) is 1.71. The minimum absolute atomic E-state index is 0.213. The lowest BCUT2D eigenvalue weighted by molar-refractivity contribution is 0.217. The maximum Gasteiger partial charge on any atom is 0.0159 e. The van der Waals surface area contributed by atoms with Crippen LogP contribution in [0.25, 0.3) is 0 Å². The van der Waals surface area contributed by atoms with Crippen molar-refractivity contribution in [3.8, 4) is 0 Å². The molecule has 0 aliphatic carbocycles. The second-order valence-electron chi connectivity index (χ2n) is 5.05. The number of nitrogens with one attached hydrogen (secondary N) is 1. The summed E-state index contributed by atoms with van der Waals surface area (Å²) in [5.74, 6) is 0. The van der Waals surface area contributed by atoms with Gasteiger partial charge in [0.05, 0.1) is 0 Å². The normalized spacial score (nSPS) is 12.3. The van der Waals surface area contributed by atoms with Crippen molar-refractivity contribution in [2.45, 2.75) is 20.3 Å². The van der Waals surface area contributed by atoms with Gasteiger partial charge in [0.1, 0.15) is 0 Å². The van der Waals surface area contributed by atoms with Crippen molar-refractivity contribution in [1.29, 1.82) is 0 Å². The Kier molecular flexibility index (Phi) is 4.36. The van der Waals surface area contributed by atoms with Crippen LogP contribution in [0.1, 0.15) is 19.5 Å². The Balaban J connectivity index is 2.27. The van der Waals surface area contributed by atoms with Gasteiger partial charge < -0.3 is 15.6 Å². The molecule has 1 aromatic rings. The van der Waals surface area contributed by atoms with Crippen molar-refractivity contribution in [2.75, 3.05) is 26.7 Å². The molecular formula is C12H23N3. The van der Waals surface area contributed by atoms with E-state index in [1.54, 1.807) is 0 Å². The first-order valence-corrected chi connectivity index (χ1v) is 5.54. The van der Waals surface area contributed by atoms with Gasteiger partial charge in [0, 0.05) is 31.4 Å². The molecular weight excluding hydrogens is 186 g/mol. The van der Waals surface area contributed by atoms with E-state index in [0.717, 1.165) is 26.1 Å². The average Bonchev–Trinajstić information content (AvgIpc) is 2.66. The smallest absolute Gasteiger partial charge is 0.0159 e. The molecule has 0 aromatic carbocycles. The van der Waals surface area contributed by atoms with Crippen LogP contribution in [-0.4, -0.2) is 36.6 Å². The summed E-state index contributed by atoms with van der Waals surface area (Å²) in [6.45, 7) is 7.27. The van der Waals surface area contributed by atoms with E-state index in [-0.39, 0.29) is 5.41 Å². The van der Waals surface area contributed by atoms with Crippen LogP contribution >= 0.6 is 0 Å². The van der Waals surface area contributed by atoms with Gasteiger partial charge in [-0.25, -0.2) is 0 Å². The Labute approximate surface area is 92.7 Å². The average molecular weight is 209 g/mol. The van der Waals surface area contributed by atoms with Gasteiger partial charge in [0.25, 0.3) is 0 Å². The third-order valence-corrected chi connectivity index (χ3v) is 2.68. The summed E-state index contributed by atoms with van der Waals surface area (Å²) in [4.78, 5) is 5.56. The topological polar surface area (TPSA) is 45.0 Å². The van der Waals surface area contributed by atoms with Gasteiger partial charge in [-0.15, -0.1) is 0 Å². The molecule has 0 atom stereocenters. The molecule has 0 amide bonds. The van der Waals surface area contributed by atoms with E-state index in [9.17, 15) is 0 Å². The largest absolute Gasteiger partial charge is 0.365 e. The molecule has 1 aromatic heterocycles. The second kappa shape index (κ2) is 5.33. The minimum atomic E-state index is 0.213. The standard InChI is InChI=1S/C12H23N3/c1-12(2,9-13)10-15(3)8-6-11-5-4-7-14-11/h4-5,7,14H,6,8-10,13H2,1-3H3. The zero-order valence-electron chi connectivity index (χ0n) is 10.1. The SMILES string of the molecule is CN(CCc1ccc[nH]1)CC(C)(C)CN. The van der Waals surface area contributed by atoms with Gasteiger partial charge in [-0.2, -0.15) is 0 Å². The molecule has 3 nitrogen and oxygen atoms in total. The monoisotopic (exact) mass is 209 g/mol. The quantitative estimate of drug-likeness (QED) is 0.745. The molecule has 1 rings (SSSR count). The van der Waals surface area contributed by atoms with Crippen molar-refractivity contribution in [3.05, 3.63) is 24.0 Å². The Morgan fingerprint density at radius 3 is 2.73 bits per heavy atom. The van der Waals surface area contributed by atoms with Crippen LogP contribution in [0.3, 0.4) is 0 Å². The zero-order chi connectivity index (χ0) is 11.3. The summed E-state index contributed by atoms with van der Waals surface area (Å²) in [6, 6.07) is 4.17. The number of hydrogen-bond donors (Lipinski definition) is 2. The third kappa shape index (κ3) is 4.49. The lowest BCUT2D eigenvalue weighted by atomic mass is 9.93. The molecule has 0 aliphatic rings. The summed E-state index contributed by atoms with van der Waals surface area (Å²) in [6.07, 6.45) is 3.04. The number of H-pyrrole nitrogens is 1. The molecule has 0 aliphatic heterocycles. The van der Waals surface area contributed by atoms with Crippen LogP contribution in [0, 0.1) is 5.41 Å². The van der Waals surface area contributed by atoms with Gasteiger partial charge in [-0.1, -0.05) is 13.8 Å². The lowest BCUT2D eigenvalue weighted by Crippen LogP contribution is -2.37. The van der Waals surface area contributed by atoms with E-state index in [1.165, 1.54) is 5.69 Å². The number of rotatable bonds is 6. The maximum absolute atomic E-state index is 5.71. The Morgan fingerprint density at radius 2 is 2.20 bits per heavy atom. The summed E-state index contributed by atoms with van der Waals surface area (Å²) >= 11 is 0. The van der Waals surface area contributed by atoms with E-state index >= 15 is 0 Å². The number of hydrogen-bond acceptors (Lipinski definition) is 2. The first-order chi connectivity index (χ1) is 7.03. The highest BCUT2D eigenvalue weighted by molar-refractivity contribution is 5.03. The van der Waals surface area contributed by atoms with Crippen LogP contribution < -0.4 is 5.73 Å². The van der Waals surface area contributed by atoms with Crippen molar-refractivity contribution in [1.82, 2.24) is 9.88 Å². The molecule has 0 bridgehead atoms. The highest BCUT2D eigenvalue weighted by Gasteiger charge is 2.17. The fraction of sp³-hybridized carbons (Fsp3) is 0.667. The Morgan fingerprint density at radius 1 is 1.47 bits per heavy atom. The van der Waals surface area contributed by atoms with Crippen LogP contribution in [0.5, 0.6) is 0 Å². The molecule has 3 heteroatoms. The zero-order valence-corrected chi connectivity index (χ0v) is 10.1. The second-order valence-corrected chi connectivity index (χ2v) is 5.05. The van der Waals surface area contributed by atoms with E-state index in [4.69, 9.17) is 5.73 Å². The molecule has 0 radical (unpaired) electrons. The van der Waals surface area contributed by atoms with Gasteiger partial charge in [0.2, 0.25) is 0 Å². The van der Waals surface area contributed by atoms with Gasteiger partial charge >= 0.3 is 0 Å². The van der Waals surface area contributed by atoms with Gasteiger partial charge in [0.15, 0.2) is 0 Å². The highest BCUT2D eigenvalue weighted by atomic mass is 15.1. The van der Waals surface area contributed by atoms with Gasteiger partial charge in [-0.05, 0) is 31.1 Å². The Bertz CT molecular complexity index is 264. The van der Waals surface area contributed by atoms with E-state index < -0.39 is 0 Å². The van der Waals surface area contributed by atoms with Crippen LogP contribution in [0.2, 0.25) is 0 Å². The van der Waals surface area contributed by atoms with Crippen LogP contribution in [0.15, 0.2) is 18.3 Å². The molecule has 3 N–H and O–H groups in total. The predicted octanol–water partition coefficient (Wildman–Crippen LogP) is 1.47.